The molecule has 1 aliphatic rings. The summed E-state index contributed by atoms with van der Waals surface area (Å²) in [6.07, 6.45) is 0.392. The smallest absolute Gasteiger partial charge is 0.307 e. The first kappa shape index (κ1) is 12.4. The maximum absolute atomic E-state index is 11.3. The van der Waals surface area contributed by atoms with Gasteiger partial charge in [0.05, 0.1) is 18.4 Å². The molecule has 0 aromatic heterocycles. The standard InChI is InChI=1S/C9H14N2O5/c10-7(12)4-16-2-1-11-8(13)5-3-6(5)9(14)15/h5-6H,1-4H2,(H2,10,12)(H,11,13)(H,14,15)/t5-,6+/m1/s1. The van der Waals surface area contributed by atoms with Gasteiger partial charge >= 0.3 is 5.97 Å². The van der Waals surface area contributed by atoms with Crippen molar-refractivity contribution in [1.82, 2.24) is 5.32 Å². The number of rotatable bonds is 7. The van der Waals surface area contributed by atoms with E-state index < -0.39 is 23.7 Å². The Hall–Kier alpha value is -1.63. The number of ether oxygens (including phenoxy) is 1. The van der Waals surface area contributed by atoms with Crippen LogP contribution in [-0.4, -0.2) is 42.6 Å². The maximum Gasteiger partial charge on any atom is 0.307 e. The average molecular weight is 230 g/mol. The second-order valence-electron chi connectivity index (χ2n) is 3.60. The van der Waals surface area contributed by atoms with Crippen LogP contribution < -0.4 is 11.1 Å². The summed E-state index contributed by atoms with van der Waals surface area (Å²) in [6.45, 7) is 0.241. The van der Waals surface area contributed by atoms with Gasteiger partial charge in [-0.15, -0.1) is 0 Å². The van der Waals surface area contributed by atoms with Crippen molar-refractivity contribution in [3.63, 3.8) is 0 Å². The molecule has 0 heterocycles. The van der Waals surface area contributed by atoms with Crippen molar-refractivity contribution in [2.75, 3.05) is 19.8 Å². The van der Waals surface area contributed by atoms with Crippen LogP contribution in [0.25, 0.3) is 0 Å². The zero-order chi connectivity index (χ0) is 12.1. The minimum atomic E-state index is -0.940. The molecular formula is C9H14N2O5. The number of hydrogen-bond donors (Lipinski definition) is 3. The van der Waals surface area contributed by atoms with E-state index in [0.717, 1.165) is 0 Å². The molecule has 1 aliphatic carbocycles. The van der Waals surface area contributed by atoms with Gasteiger partial charge in [-0.3, -0.25) is 14.4 Å². The number of nitrogens with two attached hydrogens (primary N) is 1. The van der Waals surface area contributed by atoms with Crippen LogP contribution in [0.15, 0.2) is 0 Å². The number of carbonyl (C=O) groups is 3. The van der Waals surface area contributed by atoms with Gasteiger partial charge in [0.2, 0.25) is 11.8 Å². The average Bonchev–Trinajstić information content (AvgIpc) is 2.95. The van der Waals surface area contributed by atoms with E-state index in [9.17, 15) is 14.4 Å². The number of carboxylic acid groups (broad SMARTS) is 1. The zero-order valence-corrected chi connectivity index (χ0v) is 8.64. The Balaban J connectivity index is 2.04. The van der Waals surface area contributed by atoms with Gasteiger partial charge < -0.3 is 20.9 Å². The van der Waals surface area contributed by atoms with Crippen molar-refractivity contribution < 1.29 is 24.2 Å². The normalized spacial score (nSPS) is 22.5. The summed E-state index contributed by atoms with van der Waals surface area (Å²) >= 11 is 0. The van der Waals surface area contributed by atoms with Crippen LogP contribution >= 0.6 is 0 Å². The molecule has 0 bridgehead atoms. The molecule has 7 nitrogen and oxygen atoms in total. The summed E-state index contributed by atoms with van der Waals surface area (Å²) in [6, 6.07) is 0. The van der Waals surface area contributed by atoms with Crippen LogP contribution in [0.1, 0.15) is 6.42 Å². The van der Waals surface area contributed by atoms with Gasteiger partial charge in [-0.05, 0) is 6.42 Å². The molecule has 7 heteroatoms. The van der Waals surface area contributed by atoms with Crippen LogP contribution in [0, 0.1) is 11.8 Å². The fourth-order valence-electron chi connectivity index (χ4n) is 1.31. The number of primary amides is 1. The lowest BCUT2D eigenvalue weighted by molar-refractivity contribution is -0.140. The topological polar surface area (TPSA) is 119 Å². The monoisotopic (exact) mass is 230 g/mol. The Morgan fingerprint density at radius 1 is 1.38 bits per heavy atom. The fraction of sp³-hybridized carbons (Fsp3) is 0.667. The summed E-state index contributed by atoms with van der Waals surface area (Å²) in [5.74, 6) is -2.76. The second-order valence-corrected chi connectivity index (χ2v) is 3.60. The minimum Gasteiger partial charge on any atom is -0.481 e. The van der Waals surface area contributed by atoms with Crippen molar-refractivity contribution in [3.8, 4) is 0 Å². The van der Waals surface area contributed by atoms with Gasteiger partial charge in [0.1, 0.15) is 6.61 Å². The fourth-order valence-corrected chi connectivity index (χ4v) is 1.31. The highest BCUT2D eigenvalue weighted by Crippen LogP contribution is 2.38. The lowest BCUT2D eigenvalue weighted by atomic mass is 10.3. The van der Waals surface area contributed by atoms with Crippen molar-refractivity contribution >= 4 is 17.8 Å². The third-order valence-electron chi connectivity index (χ3n) is 2.23. The van der Waals surface area contributed by atoms with Gasteiger partial charge in [-0.25, -0.2) is 0 Å². The Morgan fingerprint density at radius 3 is 2.56 bits per heavy atom. The lowest BCUT2D eigenvalue weighted by Crippen LogP contribution is -2.30. The maximum atomic E-state index is 11.3. The molecular weight excluding hydrogens is 216 g/mol. The second kappa shape index (κ2) is 5.45. The van der Waals surface area contributed by atoms with Crippen LogP contribution in [0.3, 0.4) is 0 Å². The van der Waals surface area contributed by atoms with Gasteiger partial charge in [0.15, 0.2) is 0 Å². The lowest BCUT2D eigenvalue weighted by Gasteiger charge is -2.04. The van der Waals surface area contributed by atoms with Crippen molar-refractivity contribution in [3.05, 3.63) is 0 Å². The van der Waals surface area contributed by atoms with E-state index in [1.54, 1.807) is 0 Å². The van der Waals surface area contributed by atoms with Crippen LogP contribution in [0.5, 0.6) is 0 Å². The molecule has 2 amide bonds. The molecule has 0 aliphatic heterocycles. The van der Waals surface area contributed by atoms with Gasteiger partial charge in [0.25, 0.3) is 0 Å². The largest absolute Gasteiger partial charge is 0.481 e. The van der Waals surface area contributed by atoms with Crippen molar-refractivity contribution in [2.24, 2.45) is 17.6 Å². The molecule has 0 aromatic rings. The first-order valence-electron chi connectivity index (χ1n) is 4.89. The molecule has 0 saturated heterocycles. The van der Waals surface area contributed by atoms with Crippen LogP contribution in [0.2, 0.25) is 0 Å². The number of carbonyl (C=O) groups excluding carboxylic acids is 2. The quantitative estimate of drug-likeness (QED) is 0.451. The SMILES string of the molecule is NC(=O)COCCNC(=O)[C@@H]1C[C@@H]1C(=O)O. The van der Waals surface area contributed by atoms with Crippen LogP contribution in [-0.2, 0) is 19.1 Å². The molecule has 4 N–H and O–H groups in total. The van der Waals surface area contributed by atoms with Gasteiger partial charge in [-0.1, -0.05) is 0 Å². The van der Waals surface area contributed by atoms with E-state index in [1.165, 1.54) is 0 Å². The molecule has 2 atom stereocenters. The molecule has 0 aromatic carbocycles. The summed E-state index contributed by atoms with van der Waals surface area (Å²) in [5, 5.41) is 11.1. The van der Waals surface area contributed by atoms with E-state index in [-0.39, 0.29) is 25.7 Å². The summed E-state index contributed by atoms with van der Waals surface area (Å²) < 4.78 is 4.81. The van der Waals surface area contributed by atoms with E-state index in [2.05, 4.69) is 5.32 Å². The number of carboxylic acids is 1. The first-order valence-corrected chi connectivity index (χ1v) is 4.89. The van der Waals surface area contributed by atoms with E-state index in [4.69, 9.17) is 15.6 Å². The molecule has 16 heavy (non-hydrogen) atoms. The summed E-state index contributed by atoms with van der Waals surface area (Å²) in [5.41, 5.74) is 4.83. The highest BCUT2D eigenvalue weighted by Gasteiger charge is 2.48. The Labute approximate surface area is 91.9 Å². The predicted octanol–water partition coefficient (Wildman–Crippen LogP) is -1.67. The Morgan fingerprint density at radius 2 is 2.06 bits per heavy atom. The third kappa shape index (κ3) is 3.85. The zero-order valence-electron chi connectivity index (χ0n) is 8.64. The van der Waals surface area contributed by atoms with Crippen LogP contribution in [0.4, 0.5) is 0 Å². The number of nitrogens with one attached hydrogen (secondary N) is 1. The molecule has 1 fully saturated rings. The summed E-state index contributed by atoms with van der Waals surface area (Å²) in [4.78, 5) is 32.0. The van der Waals surface area contributed by atoms with E-state index >= 15 is 0 Å². The molecule has 1 saturated carbocycles. The minimum absolute atomic E-state index is 0.180. The van der Waals surface area contributed by atoms with Gasteiger partial charge in [0, 0.05) is 6.54 Å². The molecule has 1 rings (SSSR count). The van der Waals surface area contributed by atoms with E-state index in [1.807, 2.05) is 0 Å². The number of hydrogen-bond acceptors (Lipinski definition) is 4. The molecule has 90 valence electrons. The molecule has 0 unspecified atom stereocenters. The Bertz CT molecular complexity index is 304. The van der Waals surface area contributed by atoms with Crippen molar-refractivity contribution in [2.45, 2.75) is 6.42 Å². The van der Waals surface area contributed by atoms with E-state index in [0.29, 0.717) is 6.42 Å². The highest BCUT2D eigenvalue weighted by molar-refractivity contribution is 5.89. The van der Waals surface area contributed by atoms with Crippen molar-refractivity contribution in [1.29, 1.82) is 0 Å². The Kier molecular flexibility index (Phi) is 4.24. The molecule has 0 spiro atoms. The predicted molar refractivity (Wildman–Crippen MR) is 52.3 cm³/mol. The van der Waals surface area contributed by atoms with Gasteiger partial charge in [-0.2, -0.15) is 0 Å². The summed E-state index contributed by atoms with van der Waals surface area (Å²) in [7, 11) is 0. The number of amides is 2. The molecule has 0 radical (unpaired) electrons. The first-order chi connectivity index (χ1) is 7.52. The third-order valence-corrected chi connectivity index (χ3v) is 2.23. The highest BCUT2D eigenvalue weighted by atomic mass is 16.5. The number of aliphatic carboxylic acids is 1.